The van der Waals surface area contributed by atoms with Crippen LogP contribution in [0.3, 0.4) is 0 Å². The van der Waals surface area contributed by atoms with Crippen LogP contribution in [-0.2, 0) is 9.59 Å². The van der Waals surface area contributed by atoms with Crippen molar-refractivity contribution in [1.29, 1.82) is 0 Å². The van der Waals surface area contributed by atoms with Crippen molar-refractivity contribution in [2.45, 2.75) is 59.8 Å². The fourth-order valence-corrected chi connectivity index (χ4v) is 1.71. The minimum absolute atomic E-state index is 0.0138. The molecule has 0 N–H and O–H groups in total. The number of hydrogen-bond donors (Lipinski definition) is 0. The van der Waals surface area contributed by atoms with Crippen LogP contribution in [0.4, 0.5) is 0 Å². The van der Waals surface area contributed by atoms with Crippen molar-refractivity contribution in [2.75, 3.05) is 0 Å². The molecule has 0 aliphatic heterocycles. The van der Waals surface area contributed by atoms with Crippen molar-refractivity contribution in [3.63, 3.8) is 0 Å². The van der Waals surface area contributed by atoms with E-state index in [1.54, 1.807) is 0 Å². The summed E-state index contributed by atoms with van der Waals surface area (Å²) in [5.74, 6) is 0.757. The number of hydrogen-bond acceptors (Lipinski definition) is 2. The minimum atomic E-state index is 0.0138. The molecule has 0 saturated carbocycles. The van der Waals surface area contributed by atoms with Gasteiger partial charge in [0.05, 0.1) is 0 Å². The normalized spacial score (nSPS) is 13.9. The predicted molar refractivity (Wildman–Crippen MR) is 71.9 cm³/mol. The van der Waals surface area contributed by atoms with Gasteiger partial charge < -0.3 is 4.79 Å². The summed E-state index contributed by atoms with van der Waals surface area (Å²) in [7, 11) is 0. The number of allylic oxidation sites excluding steroid dienone is 2. The SMILES string of the molecule is CC(C)=CCC[C@H](C)CC(=O)CCC(C)C=O. The summed E-state index contributed by atoms with van der Waals surface area (Å²) < 4.78 is 0. The highest BCUT2D eigenvalue weighted by atomic mass is 16.1. The molecule has 0 saturated heterocycles. The maximum atomic E-state index is 11.6. The summed E-state index contributed by atoms with van der Waals surface area (Å²) in [5.41, 5.74) is 1.34. The van der Waals surface area contributed by atoms with Crippen LogP contribution < -0.4 is 0 Å². The molecule has 0 aromatic rings. The van der Waals surface area contributed by atoms with E-state index < -0.39 is 0 Å². The first-order valence-electron chi connectivity index (χ1n) is 6.56. The van der Waals surface area contributed by atoms with Gasteiger partial charge in [-0.1, -0.05) is 25.5 Å². The third-order valence-electron chi connectivity index (χ3n) is 2.90. The van der Waals surface area contributed by atoms with Crippen LogP contribution >= 0.6 is 0 Å². The molecule has 0 aromatic heterocycles. The molecule has 0 radical (unpaired) electrons. The summed E-state index contributed by atoms with van der Waals surface area (Å²) >= 11 is 0. The van der Waals surface area contributed by atoms with Gasteiger partial charge in [0.25, 0.3) is 0 Å². The van der Waals surface area contributed by atoms with E-state index >= 15 is 0 Å². The van der Waals surface area contributed by atoms with Gasteiger partial charge in [-0.15, -0.1) is 0 Å². The molecule has 2 nitrogen and oxygen atoms in total. The zero-order valence-electron chi connectivity index (χ0n) is 11.7. The lowest BCUT2D eigenvalue weighted by Crippen LogP contribution is -2.07. The van der Waals surface area contributed by atoms with Crippen LogP contribution in [-0.4, -0.2) is 12.1 Å². The summed E-state index contributed by atoms with van der Waals surface area (Å²) in [6.45, 7) is 8.17. The quantitative estimate of drug-likeness (QED) is 0.450. The Hall–Kier alpha value is -0.920. The number of carbonyl (C=O) groups is 2. The van der Waals surface area contributed by atoms with Gasteiger partial charge in [-0.2, -0.15) is 0 Å². The van der Waals surface area contributed by atoms with Gasteiger partial charge in [-0.25, -0.2) is 0 Å². The summed E-state index contributed by atoms with van der Waals surface area (Å²) in [5, 5.41) is 0. The fourth-order valence-electron chi connectivity index (χ4n) is 1.71. The number of aldehydes is 1. The van der Waals surface area contributed by atoms with E-state index in [0.29, 0.717) is 31.0 Å². The predicted octanol–water partition coefficient (Wildman–Crippen LogP) is 3.94. The van der Waals surface area contributed by atoms with Crippen molar-refractivity contribution < 1.29 is 9.59 Å². The first kappa shape index (κ1) is 16.1. The van der Waals surface area contributed by atoms with Crippen molar-refractivity contribution >= 4 is 12.1 Å². The molecule has 0 bridgehead atoms. The van der Waals surface area contributed by atoms with Crippen LogP contribution in [0.2, 0.25) is 0 Å². The van der Waals surface area contributed by atoms with Crippen LogP contribution in [0, 0.1) is 11.8 Å². The van der Waals surface area contributed by atoms with E-state index in [1.165, 1.54) is 5.57 Å². The second kappa shape index (κ2) is 9.15. The zero-order valence-corrected chi connectivity index (χ0v) is 11.7. The van der Waals surface area contributed by atoms with Gasteiger partial charge in [-0.3, -0.25) is 4.79 Å². The number of rotatable bonds is 9. The standard InChI is InChI=1S/C15H26O2/c1-12(2)6-5-7-13(3)10-15(17)9-8-14(4)11-16/h6,11,13-14H,5,7-10H2,1-4H3/t13-,14?/m0/s1. The molecule has 17 heavy (non-hydrogen) atoms. The molecule has 0 aliphatic rings. The Morgan fingerprint density at radius 3 is 2.35 bits per heavy atom. The molecular weight excluding hydrogens is 212 g/mol. The molecule has 2 atom stereocenters. The van der Waals surface area contributed by atoms with Crippen LogP contribution in [0.1, 0.15) is 59.8 Å². The molecule has 0 amide bonds. The molecular formula is C15H26O2. The Kier molecular flexibility index (Phi) is 8.65. The van der Waals surface area contributed by atoms with Crippen molar-refractivity contribution in [3.05, 3.63) is 11.6 Å². The van der Waals surface area contributed by atoms with Gasteiger partial charge in [0.2, 0.25) is 0 Å². The molecule has 98 valence electrons. The Morgan fingerprint density at radius 2 is 1.82 bits per heavy atom. The largest absolute Gasteiger partial charge is 0.303 e. The maximum absolute atomic E-state index is 11.6. The molecule has 0 aromatic carbocycles. The average Bonchev–Trinajstić information content (AvgIpc) is 2.25. The zero-order chi connectivity index (χ0) is 13.3. The molecule has 0 heterocycles. The number of ketones is 1. The van der Waals surface area contributed by atoms with Crippen molar-refractivity contribution in [1.82, 2.24) is 0 Å². The van der Waals surface area contributed by atoms with Crippen LogP contribution in [0.5, 0.6) is 0 Å². The Morgan fingerprint density at radius 1 is 1.18 bits per heavy atom. The highest BCUT2D eigenvalue weighted by Gasteiger charge is 2.10. The Balaban J connectivity index is 3.72. The minimum Gasteiger partial charge on any atom is -0.303 e. The van der Waals surface area contributed by atoms with Gasteiger partial charge in [0.15, 0.2) is 0 Å². The second-order valence-corrected chi connectivity index (χ2v) is 5.36. The average molecular weight is 238 g/mol. The Labute approximate surface area is 105 Å². The lowest BCUT2D eigenvalue weighted by Gasteiger charge is -2.09. The van der Waals surface area contributed by atoms with Crippen molar-refractivity contribution in [3.8, 4) is 0 Å². The third kappa shape index (κ3) is 9.98. The van der Waals surface area contributed by atoms with Crippen molar-refractivity contribution in [2.24, 2.45) is 11.8 Å². The molecule has 0 aliphatic carbocycles. The maximum Gasteiger partial charge on any atom is 0.133 e. The summed E-state index contributed by atoms with van der Waals surface area (Å²) in [6.07, 6.45) is 7.17. The van der Waals surface area contributed by atoms with E-state index in [-0.39, 0.29) is 5.92 Å². The van der Waals surface area contributed by atoms with E-state index in [4.69, 9.17) is 0 Å². The highest BCUT2D eigenvalue weighted by molar-refractivity contribution is 5.78. The van der Waals surface area contributed by atoms with Gasteiger partial charge >= 0.3 is 0 Å². The number of carbonyl (C=O) groups excluding carboxylic acids is 2. The van der Waals surface area contributed by atoms with Crippen LogP contribution in [0.25, 0.3) is 0 Å². The van der Waals surface area contributed by atoms with Gasteiger partial charge in [0.1, 0.15) is 12.1 Å². The molecule has 2 heteroatoms. The lowest BCUT2D eigenvalue weighted by atomic mass is 9.95. The molecule has 1 unspecified atom stereocenters. The van der Waals surface area contributed by atoms with E-state index in [9.17, 15) is 9.59 Å². The fraction of sp³-hybridized carbons (Fsp3) is 0.733. The third-order valence-corrected chi connectivity index (χ3v) is 2.90. The molecule has 0 fully saturated rings. The lowest BCUT2D eigenvalue weighted by molar-refractivity contribution is -0.120. The first-order valence-corrected chi connectivity index (χ1v) is 6.56. The van der Waals surface area contributed by atoms with E-state index in [2.05, 4.69) is 26.8 Å². The summed E-state index contributed by atoms with van der Waals surface area (Å²) in [6, 6.07) is 0. The van der Waals surface area contributed by atoms with E-state index in [0.717, 1.165) is 19.1 Å². The van der Waals surface area contributed by atoms with E-state index in [1.807, 2.05) is 6.92 Å². The number of Topliss-reactive ketones (excluding diaryl/α,β-unsaturated/α-hetero) is 1. The van der Waals surface area contributed by atoms with Gasteiger partial charge in [-0.05, 0) is 39.0 Å². The van der Waals surface area contributed by atoms with Gasteiger partial charge in [0, 0.05) is 18.8 Å². The highest BCUT2D eigenvalue weighted by Crippen LogP contribution is 2.14. The molecule has 0 rings (SSSR count). The Bertz CT molecular complexity index is 262. The summed E-state index contributed by atoms with van der Waals surface area (Å²) in [4.78, 5) is 22.1. The monoisotopic (exact) mass is 238 g/mol. The smallest absolute Gasteiger partial charge is 0.133 e. The topological polar surface area (TPSA) is 34.1 Å². The molecule has 0 spiro atoms. The second-order valence-electron chi connectivity index (χ2n) is 5.36. The van der Waals surface area contributed by atoms with Crippen LogP contribution in [0.15, 0.2) is 11.6 Å². The first-order chi connectivity index (χ1) is 7.95.